The van der Waals surface area contributed by atoms with E-state index in [0.29, 0.717) is 24.3 Å². The SMILES string of the molecule is Cc1[nH]nc(S(=O)(=O)N2CCN(CC3CC3)CC2)c1CO. The topological polar surface area (TPSA) is 89.5 Å². The van der Waals surface area contributed by atoms with Gasteiger partial charge in [-0.3, -0.25) is 5.10 Å². The second kappa shape index (κ2) is 5.68. The van der Waals surface area contributed by atoms with Crippen LogP contribution < -0.4 is 0 Å². The summed E-state index contributed by atoms with van der Waals surface area (Å²) < 4.78 is 26.7. The summed E-state index contributed by atoms with van der Waals surface area (Å²) >= 11 is 0. The number of aliphatic hydroxyl groups is 1. The number of rotatable bonds is 5. The summed E-state index contributed by atoms with van der Waals surface area (Å²) in [5, 5.41) is 15.9. The minimum absolute atomic E-state index is 0.0295. The molecule has 0 aromatic carbocycles. The number of aryl methyl sites for hydroxylation is 1. The highest BCUT2D eigenvalue weighted by Gasteiger charge is 2.34. The lowest BCUT2D eigenvalue weighted by molar-refractivity contribution is 0.182. The molecule has 2 aliphatic rings. The summed E-state index contributed by atoms with van der Waals surface area (Å²) in [5.74, 6) is 0.822. The number of aromatic amines is 1. The minimum Gasteiger partial charge on any atom is -0.392 e. The van der Waals surface area contributed by atoms with Crippen LogP contribution in [-0.4, -0.2) is 65.7 Å². The van der Waals surface area contributed by atoms with Crippen molar-refractivity contribution in [1.29, 1.82) is 0 Å². The fourth-order valence-electron chi connectivity index (χ4n) is 2.77. The third-order valence-corrected chi connectivity index (χ3v) is 6.19. The van der Waals surface area contributed by atoms with Crippen molar-refractivity contribution in [2.24, 2.45) is 5.92 Å². The van der Waals surface area contributed by atoms with Gasteiger partial charge in [0.1, 0.15) is 0 Å². The van der Waals surface area contributed by atoms with Gasteiger partial charge in [0, 0.05) is 44.0 Å². The molecule has 2 fully saturated rings. The van der Waals surface area contributed by atoms with E-state index < -0.39 is 10.0 Å². The number of nitrogens with one attached hydrogen (secondary N) is 1. The molecule has 0 unspecified atom stereocenters. The van der Waals surface area contributed by atoms with Gasteiger partial charge in [-0.25, -0.2) is 8.42 Å². The van der Waals surface area contributed by atoms with E-state index >= 15 is 0 Å². The minimum atomic E-state index is -3.62. The van der Waals surface area contributed by atoms with Gasteiger partial charge in [0.15, 0.2) is 5.03 Å². The van der Waals surface area contributed by atoms with Crippen LogP contribution in [0.25, 0.3) is 0 Å². The number of hydrogen-bond donors (Lipinski definition) is 2. The van der Waals surface area contributed by atoms with E-state index in [1.807, 2.05) is 0 Å². The Morgan fingerprint density at radius 2 is 1.95 bits per heavy atom. The largest absolute Gasteiger partial charge is 0.392 e. The Kier molecular flexibility index (Phi) is 4.04. The highest BCUT2D eigenvalue weighted by Crippen LogP contribution is 2.30. The first-order valence-electron chi connectivity index (χ1n) is 7.39. The van der Waals surface area contributed by atoms with Crippen molar-refractivity contribution in [3.8, 4) is 0 Å². The van der Waals surface area contributed by atoms with Gasteiger partial charge in [-0.1, -0.05) is 0 Å². The third-order valence-electron chi connectivity index (χ3n) is 4.32. The third kappa shape index (κ3) is 2.98. The highest BCUT2D eigenvalue weighted by atomic mass is 32.2. The van der Waals surface area contributed by atoms with E-state index in [1.54, 1.807) is 6.92 Å². The summed E-state index contributed by atoms with van der Waals surface area (Å²) in [6, 6.07) is 0. The molecule has 1 saturated carbocycles. The molecule has 0 amide bonds. The maximum absolute atomic E-state index is 12.6. The maximum atomic E-state index is 12.6. The van der Waals surface area contributed by atoms with Crippen LogP contribution in [0, 0.1) is 12.8 Å². The van der Waals surface area contributed by atoms with Crippen molar-refractivity contribution in [2.75, 3.05) is 32.7 Å². The second-order valence-electron chi connectivity index (χ2n) is 5.94. The fraction of sp³-hybridized carbons (Fsp3) is 0.769. The van der Waals surface area contributed by atoms with Crippen molar-refractivity contribution < 1.29 is 13.5 Å². The van der Waals surface area contributed by atoms with Crippen molar-refractivity contribution in [1.82, 2.24) is 19.4 Å². The summed E-state index contributed by atoms with van der Waals surface area (Å²) in [7, 11) is -3.62. The first-order chi connectivity index (χ1) is 10.0. The van der Waals surface area contributed by atoms with Crippen LogP contribution >= 0.6 is 0 Å². The number of aliphatic hydroxyl groups excluding tert-OH is 1. The molecule has 0 radical (unpaired) electrons. The molecule has 3 rings (SSSR count). The van der Waals surface area contributed by atoms with Crippen LogP contribution in [-0.2, 0) is 16.6 Å². The van der Waals surface area contributed by atoms with Crippen LogP contribution in [0.3, 0.4) is 0 Å². The molecular weight excluding hydrogens is 292 g/mol. The molecule has 2 heterocycles. The first-order valence-corrected chi connectivity index (χ1v) is 8.83. The molecule has 1 aromatic rings. The van der Waals surface area contributed by atoms with Crippen LogP contribution in [0.4, 0.5) is 0 Å². The van der Waals surface area contributed by atoms with Gasteiger partial charge in [0.25, 0.3) is 10.0 Å². The molecule has 1 saturated heterocycles. The van der Waals surface area contributed by atoms with E-state index in [-0.39, 0.29) is 11.6 Å². The molecule has 118 valence electrons. The number of aromatic nitrogens is 2. The Balaban J connectivity index is 1.70. The zero-order valence-corrected chi connectivity index (χ0v) is 13.1. The number of H-pyrrole nitrogens is 1. The number of nitrogens with zero attached hydrogens (tertiary/aromatic N) is 3. The summed E-state index contributed by atoms with van der Waals surface area (Å²) in [6.45, 7) is 5.01. The Hall–Kier alpha value is -0.960. The van der Waals surface area contributed by atoms with Crippen molar-refractivity contribution >= 4 is 10.0 Å². The van der Waals surface area contributed by atoms with E-state index in [0.717, 1.165) is 25.6 Å². The zero-order valence-electron chi connectivity index (χ0n) is 12.2. The summed E-state index contributed by atoms with van der Waals surface area (Å²) in [6.07, 6.45) is 2.62. The first kappa shape index (κ1) is 15.0. The quantitative estimate of drug-likeness (QED) is 0.794. The predicted molar refractivity (Wildman–Crippen MR) is 77.2 cm³/mol. The molecule has 0 atom stereocenters. The van der Waals surface area contributed by atoms with E-state index in [2.05, 4.69) is 15.1 Å². The van der Waals surface area contributed by atoms with Crippen molar-refractivity contribution in [3.05, 3.63) is 11.3 Å². The van der Waals surface area contributed by atoms with Crippen LogP contribution in [0.15, 0.2) is 5.03 Å². The lowest BCUT2D eigenvalue weighted by Gasteiger charge is -2.33. The summed E-state index contributed by atoms with van der Waals surface area (Å²) in [4.78, 5) is 2.34. The van der Waals surface area contributed by atoms with Gasteiger partial charge in [-0.05, 0) is 25.7 Å². The zero-order chi connectivity index (χ0) is 15.0. The fourth-order valence-corrected chi connectivity index (χ4v) is 4.35. The molecule has 21 heavy (non-hydrogen) atoms. The number of hydrogen-bond acceptors (Lipinski definition) is 5. The lowest BCUT2D eigenvalue weighted by Crippen LogP contribution is -2.49. The second-order valence-corrected chi connectivity index (χ2v) is 7.79. The van der Waals surface area contributed by atoms with Crippen LogP contribution in [0.5, 0.6) is 0 Å². The number of sulfonamides is 1. The average molecular weight is 314 g/mol. The van der Waals surface area contributed by atoms with Crippen LogP contribution in [0.2, 0.25) is 0 Å². The molecule has 1 aromatic heterocycles. The molecule has 7 nitrogen and oxygen atoms in total. The monoisotopic (exact) mass is 314 g/mol. The molecule has 0 spiro atoms. The Morgan fingerprint density at radius 3 is 2.52 bits per heavy atom. The number of piperazine rings is 1. The van der Waals surface area contributed by atoms with E-state index in [1.165, 1.54) is 17.1 Å². The Morgan fingerprint density at radius 1 is 1.29 bits per heavy atom. The van der Waals surface area contributed by atoms with Crippen LogP contribution in [0.1, 0.15) is 24.1 Å². The molecular formula is C13H22N4O3S. The van der Waals surface area contributed by atoms with Gasteiger partial charge in [0.05, 0.1) is 6.61 Å². The predicted octanol–water partition coefficient (Wildman–Crippen LogP) is -0.0733. The van der Waals surface area contributed by atoms with E-state index in [4.69, 9.17) is 0 Å². The average Bonchev–Trinajstić information content (AvgIpc) is 3.19. The standard InChI is InChI=1S/C13H22N4O3S/c1-10-12(9-18)13(15-14-10)21(19,20)17-6-4-16(5-7-17)8-11-2-3-11/h11,18H,2-9H2,1H3,(H,14,15). The molecule has 0 bridgehead atoms. The smallest absolute Gasteiger partial charge is 0.262 e. The van der Waals surface area contributed by atoms with Gasteiger partial charge in [0.2, 0.25) is 0 Å². The molecule has 8 heteroatoms. The Bertz CT molecular complexity index is 601. The maximum Gasteiger partial charge on any atom is 0.262 e. The highest BCUT2D eigenvalue weighted by molar-refractivity contribution is 7.89. The van der Waals surface area contributed by atoms with Crippen molar-refractivity contribution in [2.45, 2.75) is 31.4 Å². The summed E-state index contributed by atoms with van der Waals surface area (Å²) in [5.41, 5.74) is 0.971. The van der Waals surface area contributed by atoms with Gasteiger partial charge >= 0.3 is 0 Å². The molecule has 2 N–H and O–H groups in total. The van der Waals surface area contributed by atoms with Crippen molar-refractivity contribution in [3.63, 3.8) is 0 Å². The van der Waals surface area contributed by atoms with Gasteiger partial charge < -0.3 is 10.0 Å². The van der Waals surface area contributed by atoms with Gasteiger partial charge in [-0.15, -0.1) is 0 Å². The normalized spacial score (nSPS) is 21.8. The van der Waals surface area contributed by atoms with Gasteiger partial charge in [-0.2, -0.15) is 9.40 Å². The van der Waals surface area contributed by atoms with E-state index in [9.17, 15) is 13.5 Å². The lowest BCUT2D eigenvalue weighted by atomic mass is 10.3. The molecule has 1 aliphatic carbocycles. The Labute approximate surface area is 125 Å². The molecule has 1 aliphatic heterocycles.